The Bertz CT molecular complexity index is 110. The number of carboxylic acids is 1. The van der Waals surface area contributed by atoms with Crippen molar-refractivity contribution >= 4 is 5.97 Å². The molecule has 5 nitrogen and oxygen atoms in total. The van der Waals surface area contributed by atoms with Crippen LogP contribution in [-0.4, -0.2) is 25.8 Å². The molecule has 20 heavy (non-hydrogen) atoms. The SMILES string of the molecule is CC(=O)[O-].CCCC[O-].CCCC[O-].CCCC[O-].[Zr+4]. The van der Waals surface area contributed by atoms with Crippen molar-refractivity contribution in [2.75, 3.05) is 19.8 Å². The Morgan fingerprint density at radius 1 is 0.750 bits per heavy atom. The van der Waals surface area contributed by atoms with E-state index in [-0.39, 0.29) is 46.0 Å². The van der Waals surface area contributed by atoms with E-state index >= 15 is 0 Å². The number of aliphatic carboxylic acids is 1. The van der Waals surface area contributed by atoms with Gasteiger partial charge in [0.2, 0.25) is 0 Å². The molecule has 0 aliphatic carbocycles. The molecular formula is C14H30O5Zr. The summed E-state index contributed by atoms with van der Waals surface area (Å²) in [6.07, 6.45) is 5.59. The van der Waals surface area contributed by atoms with E-state index in [1.165, 1.54) is 0 Å². The first kappa shape index (κ1) is 32.3. The molecule has 0 fully saturated rings. The number of carbonyl (C=O) groups is 1. The summed E-state index contributed by atoms with van der Waals surface area (Å²) in [4.78, 5) is 8.89. The van der Waals surface area contributed by atoms with Crippen LogP contribution >= 0.6 is 0 Å². The molecule has 0 rings (SSSR count). The van der Waals surface area contributed by atoms with Crippen LogP contribution in [0.1, 0.15) is 66.2 Å². The predicted molar refractivity (Wildman–Crippen MR) is 70.0 cm³/mol. The van der Waals surface area contributed by atoms with E-state index in [2.05, 4.69) is 0 Å². The molecule has 0 amide bonds. The molecule has 0 heterocycles. The largest absolute Gasteiger partial charge is 4.00 e. The normalized spacial score (nSPS) is 7.55. The van der Waals surface area contributed by atoms with Crippen molar-refractivity contribution in [2.45, 2.75) is 66.2 Å². The summed E-state index contributed by atoms with van der Waals surface area (Å²) in [6.45, 7) is 7.29. The summed E-state index contributed by atoms with van der Waals surface area (Å²) in [5.41, 5.74) is 0. The Kier molecular flexibility index (Phi) is 68.9. The molecular weight excluding hydrogens is 339 g/mol. The Hall–Kier alpha value is 0.233. The van der Waals surface area contributed by atoms with E-state index in [0.717, 1.165) is 45.4 Å². The summed E-state index contributed by atoms with van der Waals surface area (Å²) in [5, 5.41) is 37.5. The van der Waals surface area contributed by atoms with Crippen LogP contribution in [0.15, 0.2) is 0 Å². The number of carbonyl (C=O) groups excluding carboxylic acids is 1. The second-order valence-corrected chi connectivity index (χ2v) is 3.66. The molecule has 0 aromatic carbocycles. The maximum atomic E-state index is 9.53. The van der Waals surface area contributed by atoms with Crippen molar-refractivity contribution in [1.82, 2.24) is 0 Å². The zero-order valence-corrected chi connectivity index (χ0v) is 15.9. The van der Waals surface area contributed by atoms with Gasteiger partial charge in [-0.25, -0.2) is 0 Å². The van der Waals surface area contributed by atoms with Crippen LogP contribution < -0.4 is 20.4 Å². The molecule has 120 valence electrons. The van der Waals surface area contributed by atoms with E-state index in [1.807, 2.05) is 20.8 Å². The molecule has 0 aliphatic rings. The van der Waals surface area contributed by atoms with Gasteiger partial charge in [-0.05, 0) is 6.92 Å². The Morgan fingerprint density at radius 2 is 0.900 bits per heavy atom. The van der Waals surface area contributed by atoms with Gasteiger partial charge in [0.15, 0.2) is 0 Å². The van der Waals surface area contributed by atoms with Crippen molar-refractivity contribution in [3.8, 4) is 0 Å². The molecule has 0 spiro atoms. The van der Waals surface area contributed by atoms with Crippen LogP contribution in [0.4, 0.5) is 0 Å². The van der Waals surface area contributed by atoms with E-state index in [4.69, 9.17) is 9.90 Å². The molecule has 0 radical (unpaired) electrons. The average molecular weight is 370 g/mol. The maximum absolute atomic E-state index is 9.53. The quantitative estimate of drug-likeness (QED) is 0.608. The van der Waals surface area contributed by atoms with Crippen molar-refractivity contribution in [3.05, 3.63) is 0 Å². The summed E-state index contributed by atoms with van der Waals surface area (Å²) in [6, 6.07) is 0. The zero-order chi connectivity index (χ0) is 15.9. The Morgan fingerprint density at radius 3 is 0.900 bits per heavy atom. The van der Waals surface area contributed by atoms with E-state index in [0.29, 0.717) is 0 Å². The molecule has 0 aliphatic heterocycles. The summed E-state index contributed by atoms with van der Waals surface area (Å²) in [7, 11) is 0. The summed E-state index contributed by atoms with van der Waals surface area (Å²) >= 11 is 0. The predicted octanol–water partition coefficient (Wildman–Crippen LogP) is -0.806. The van der Waals surface area contributed by atoms with Crippen molar-refractivity contribution in [2.24, 2.45) is 0 Å². The van der Waals surface area contributed by atoms with Gasteiger partial charge in [-0.3, -0.25) is 0 Å². The van der Waals surface area contributed by atoms with Gasteiger partial charge in [0.25, 0.3) is 0 Å². The summed E-state index contributed by atoms with van der Waals surface area (Å²) in [5.74, 6) is -1.08. The first-order chi connectivity index (χ1) is 8.97. The van der Waals surface area contributed by atoms with Crippen molar-refractivity contribution in [1.29, 1.82) is 0 Å². The van der Waals surface area contributed by atoms with Gasteiger partial charge in [-0.15, -0.1) is 19.8 Å². The number of unbranched alkanes of at least 4 members (excludes halogenated alkanes) is 3. The molecule has 0 unspecified atom stereocenters. The number of rotatable bonds is 6. The van der Waals surface area contributed by atoms with Crippen LogP contribution in [0.2, 0.25) is 0 Å². The van der Waals surface area contributed by atoms with Crippen LogP contribution in [0.25, 0.3) is 0 Å². The fourth-order valence-electron chi connectivity index (χ4n) is 0.433. The molecule has 0 bridgehead atoms. The van der Waals surface area contributed by atoms with E-state index in [1.54, 1.807) is 0 Å². The standard InChI is InChI=1S/3C4H9O.C2H4O2.Zr/c3*1-2-3-4-5;1-2(3)4;/h3*2-4H2,1H3;1H3,(H,3,4);/q3*-1;;+4/p-1. The van der Waals surface area contributed by atoms with Crippen LogP contribution in [0.5, 0.6) is 0 Å². The molecule has 6 heteroatoms. The molecule has 0 aromatic heterocycles. The van der Waals surface area contributed by atoms with E-state index < -0.39 is 5.97 Å². The van der Waals surface area contributed by atoms with Crippen molar-refractivity contribution in [3.63, 3.8) is 0 Å². The van der Waals surface area contributed by atoms with Gasteiger partial charge in [-0.1, -0.05) is 59.3 Å². The molecule has 0 saturated heterocycles. The Labute approximate surface area is 143 Å². The van der Waals surface area contributed by atoms with Crippen LogP contribution in [0, 0.1) is 0 Å². The number of carboxylic acid groups (broad SMARTS) is 1. The molecule has 0 N–H and O–H groups in total. The smallest absolute Gasteiger partial charge is 0.854 e. The second kappa shape index (κ2) is 42.7. The molecule has 0 aromatic rings. The third-order valence-electron chi connectivity index (χ3n) is 1.49. The maximum Gasteiger partial charge on any atom is 4.00 e. The topological polar surface area (TPSA) is 109 Å². The minimum absolute atomic E-state index is 0. The number of hydrogen-bond acceptors (Lipinski definition) is 5. The van der Waals surface area contributed by atoms with Gasteiger partial charge < -0.3 is 25.2 Å². The van der Waals surface area contributed by atoms with Gasteiger partial charge >= 0.3 is 26.2 Å². The van der Waals surface area contributed by atoms with E-state index in [9.17, 15) is 15.3 Å². The third kappa shape index (κ3) is 139. The first-order valence-electron chi connectivity index (χ1n) is 6.90. The molecule has 0 atom stereocenters. The second-order valence-electron chi connectivity index (χ2n) is 3.66. The van der Waals surface area contributed by atoms with Crippen LogP contribution in [0.3, 0.4) is 0 Å². The fourth-order valence-corrected chi connectivity index (χ4v) is 0.433. The minimum atomic E-state index is -1.08. The first-order valence-corrected chi connectivity index (χ1v) is 6.90. The fraction of sp³-hybridized carbons (Fsp3) is 0.929. The third-order valence-corrected chi connectivity index (χ3v) is 1.49. The van der Waals surface area contributed by atoms with Crippen LogP contribution in [-0.2, 0) is 31.0 Å². The molecule has 0 saturated carbocycles. The van der Waals surface area contributed by atoms with Gasteiger partial charge in [0.05, 0.1) is 0 Å². The monoisotopic (exact) mass is 368 g/mol. The van der Waals surface area contributed by atoms with Gasteiger partial charge in [0, 0.05) is 5.97 Å². The van der Waals surface area contributed by atoms with Gasteiger partial charge in [-0.2, -0.15) is 0 Å². The summed E-state index contributed by atoms with van der Waals surface area (Å²) < 4.78 is 0. The average Bonchev–Trinajstić information content (AvgIpc) is 2.33. The Balaban J connectivity index is -0.0000000494. The zero-order valence-electron chi connectivity index (χ0n) is 13.4. The van der Waals surface area contributed by atoms with Gasteiger partial charge in [0.1, 0.15) is 0 Å². The van der Waals surface area contributed by atoms with Crippen molar-refractivity contribution < 1.29 is 51.4 Å². The minimum Gasteiger partial charge on any atom is -0.854 e. The number of hydrogen-bond donors (Lipinski definition) is 0.